The predicted molar refractivity (Wildman–Crippen MR) is 88.0 cm³/mol. The minimum atomic E-state index is -0.510. The molecular weight excluding hydrogens is 315 g/mol. The number of anilines is 1. The van der Waals surface area contributed by atoms with Crippen LogP contribution in [0.4, 0.5) is 10.1 Å². The van der Waals surface area contributed by atoms with E-state index in [0.717, 1.165) is 22.5 Å². The highest BCUT2D eigenvalue weighted by Gasteiger charge is 2.20. The van der Waals surface area contributed by atoms with Crippen LogP contribution in [-0.4, -0.2) is 23.3 Å². The molecule has 4 nitrogen and oxygen atoms in total. The fourth-order valence-electron chi connectivity index (χ4n) is 2.59. The Morgan fingerprint density at radius 3 is 2.83 bits per heavy atom. The molecule has 1 aromatic heterocycles. The SMILES string of the molecule is C=CC(=O)N1CCc2cc(NC(=O)c3sccc3F)ccc2C1. The Kier molecular flexibility index (Phi) is 4.25. The van der Waals surface area contributed by atoms with Gasteiger partial charge in [-0.15, -0.1) is 11.3 Å². The van der Waals surface area contributed by atoms with E-state index < -0.39 is 11.7 Å². The van der Waals surface area contributed by atoms with Crippen molar-refractivity contribution >= 4 is 28.8 Å². The van der Waals surface area contributed by atoms with Gasteiger partial charge in [0.2, 0.25) is 5.91 Å². The maximum atomic E-state index is 13.4. The largest absolute Gasteiger partial charge is 0.335 e. The lowest BCUT2D eigenvalue weighted by Crippen LogP contribution is -2.34. The molecule has 0 saturated carbocycles. The van der Waals surface area contributed by atoms with E-state index in [0.29, 0.717) is 25.2 Å². The number of hydrogen-bond donors (Lipinski definition) is 1. The third-order valence-electron chi connectivity index (χ3n) is 3.79. The molecule has 1 aromatic carbocycles. The van der Waals surface area contributed by atoms with Crippen molar-refractivity contribution in [3.8, 4) is 0 Å². The second-order valence-electron chi connectivity index (χ2n) is 5.25. The standard InChI is InChI=1S/C17H15FN2O2S/c1-2-15(21)20-7-5-11-9-13(4-3-12(11)10-20)19-17(22)16-14(18)6-8-23-16/h2-4,6,8-9H,1,5,7,10H2,(H,19,22). The summed E-state index contributed by atoms with van der Waals surface area (Å²) in [5.41, 5.74) is 2.76. The monoisotopic (exact) mass is 330 g/mol. The van der Waals surface area contributed by atoms with E-state index in [1.807, 2.05) is 12.1 Å². The first-order valence-corrected chi connectivity index (χ1v) is 8.04. The van der Waals surface area contributed by atoms with Gasteiger partial charge < -0.3 is 10.2 Å². The Bertz CT molecular complexity index is 785. The van der Waals surface area contributed by atoms with E-state index in [4.69, 9.17) is 0 Å². The number of amides is 2. The molecule has 2 aromatic rings. The normalized spacial score (nSPS) is 13.3. The van der Waals surface area contributed by atoms with Crippen LogP contribution in [0.15, 0.2) is 42.3 Å². The Labute approximate surface area is 137 Å². The van der Waals surface area contributed by atoms with Crippen LogP contribution in [0.1, 0.15) is 20.8 Å². The van der Waals surface area contributed by atoms with E-state index in [9.17, 15) is 14.0 Å². The van der Waals surface area contributed by atoms with Gasteiger partial charge >= 0.3 is 0 Å². The fourth-order valence-corrected chi connectivity index (χ4v) is 3.25. The molecule has 0 fully saturated rings. The molecule has 0 saturated heterocycles. The Hall–Kier alpha value is -2.47. The zero-order chi connectivity index (χ0) is 16.4. The smallest absolute Gasteiger partial charge is 0.268 e. The number of nitrogens with zero attached hydrogens (tertiary/aromatic N) is 1. The van der Waals surface area contributed by atoms with Gasteiger partial charge in [0, 0.05) is 18.8 Å². The number of carbonyl (C=O) groups is 2. The van der Waals surface area contributed by atoms with Gasteiger partial charge in [-0.25, -0.2) is 4.39 Å². The van der Waals surface area contributed by atoms with Crippen molar-refractivity contribution in [1.29, 1.82) is 0 Å². The molecule has 1 aliphatic rings. The van der Waals surface area contributed by atoms with Gasteiger partial charge in [0.25, 0.3) is 5.91 Å². The summed E-state index contributed by atoms with van der Waals surface area (Å²) in [6.45, 7) is 4.66. The highest BCUT2D eigenvalue weighted by atomic mass is 32.1. The number of benzene rings is 1. The molecule has 1 N–H and O–H groups in total. The van der Waals surface area contributed by atoms with E-state index in [-0.39, 0.29) is 10.8 Å². The number of carbonyl (C=O) groups excluding carboxylic acids is 2. The average molecular weight is 330 g/mol. The molecule has 2 heterocycles. The molecule has 3 rings (SSSR count). The molecule has 0 bridgehead atoms. The van der Waals surface area contributed by atoms with Crippen molar-refractivity contribution < 1.29 is 14.0 Å². The van der Waals surface area contributed by atoms with Crippen molar-refractivity contribution in [2.75, 3.05) is 11.9 Å². The van der Waals surface area contributed by atoms with Crippen LogP contribution >= 0.6 is 11.3 Å². The maximum absolute atomic E-state index is 13.4. The molecule has 0 radical (unpaired) electrons. The summed E-state index contributed by atoms with van der Waals surface area (Å²) in [6, 6.07) is 6.81. The summed E-state index contributed by atoms with van der Waals surface area (Å²) >= 11 is 1.07. The zero-order valence-corrected chi connectivity index (χ0v) is 13.2. The molecular formula is C17H15FN2O2S. The summed E-state index contributed by atoms with van der Waals surface area (Å²) in [4.78, 5) is 25.5. The molecule has 118 valence electrons. The molecule has 0 atom stereocenters. The summed E-state index contributed by atoms with van der Waals surface area (Å²) in [5.74, 6) is -1.04. The zero-order valence-electron chi connectivity index (χ0n) is 12.3. The number of thiophene rings is 1. The highest BCUT2D eigenvalue weighted by molar-refractivity contribution is 7.12. The Morgan fingerprint density at radius 1 is 1.30 bits per heavy atom. The number of hydrogen-bond acceptors (Lipinski definition) is 3. The highest BCUT2D eigenvalue weighted by Crippen LogP contribution is 2.24. The third kappa shape index (κ3) is 3.17. The van der Waals surface area contributed by atoms with Gasteiger partial charge in [0.05, 0.1) is 0 Å². The van der Waals surface area contributed by atoms with Crippen molar-refractivity contribution in [2.24, 2.45) is 0 Å². The molecule has 0 aliphatic carbocycles. The summed E-state index contributed by atoms with van der Waals surface area (Å²) in [7, 11) is 0. The molecule has 2 amide bonds. The van der Waals surface area contributed by atoms with Crippen LogP contribution in [-0.2, 0) is 17.8 Å². The van der Waals surface area contributed by atoms with Gasteiger partial charge in [-0.3, -0.25) is 9.59 Å². The number of fused-ring (bicyclic) bond motifs is 1. The van der Waals surface area contributed by atoms with Gasteiger partial charge in [-0.1, -0.05) is 12.6 Å². The summed E-state index contributed by atoms with van der Waals surface area (Å²) < 4.78 is 13.4. The first-order chi connectivity index (χ1) is 11.1. The van der Waals surface area contributed by atoms with E-state index in [1.54, 1.807) is 16.3 Å². The molecule has 6 heteroatoms. The van der Waals surface area contributed by atoms with Crippen LogP contribution in [0.5, 0.6) is 0 Å². The van der Waals surface area contributed by atoms with Gasteiger partial charge in [-0.2, -0.15) is 0 Å². The fraction of sp³-hybridized carbons (Fsp3) is 0.176. The second-order valence-corrected chi connectivity index (χ2v) is 6.17. The Morgan fingerprint density at radius 2 is 2.13 bits per heavy atom. The van der Waals surface area contributed by atoms with E-state index in [2.05, 4.69) is 11.9 Å². The van der Waals surface area contributed by atoms with Crippen molar-refractivity contribution in [1.82, 2.24) is 4.90 Å². The number of halogens is 1. The lowest BCUT2D eigenvalue weighted by molar-refractivity contribution is -0.126. The molecule has 1 aliphatic heterocycles. The van der Waals surface area contributed by atoms with Crippen molar-refractivity contribution in [3.05, 3.63) is 64.1 Å². The minimum Gasteiger partial charge on any atom is -0.335 e. The van der Waals surface area contributed by atoms with E-state index >= 15 is 0 Å². The van der Waals surface area contributed by atoms with Gasteiger partial charge in [-0.05, 0) is 47.2 Å². The number of nitrogens with one attached hydrogen (secondary N) is 1. The van der Waals surface area contributed by atoms with Crippen LogP contribution < -0.4 is 5.32 Å². The van der Waals surface area contributed by atoms with Crippen molar-refractivity contribution in [3.63, 3.8) is 0 Å². The number of rotatable bonds is 3. The first-order valence-electron chi connectivity index (χ1n) is 7.16. The first kappa shape index (κ1) is 15.4. The van der Waals surface area contributed by atoms with Crippen LogP contribution in [0.25, 0.3) is 0 Å². The topological polar surface area (TPSA) is 49.4 Å². The van der Waals surface area contributed by atoms with E-state index in [1.165, 1.54) is 12.1 Å². The lowest BCUT2D eigenvalue weighted by Gasteiger charge is -2.28. The van der Waals surface area contributed by atoms with Crippen LogP contribution in [0.2, 0.25) is 0 Å². The summed E-state index contributed by atoms with van der Waals surface area (Å²) in [6.07, 6.45) is 2.03. The molecule has 0 unspecified atom stereocenters. The van der Waals surface area contributed by atoms with Gasteiger partial charge in [0.15, 0.2) is 0 Å². The quantitative estimate of drug-likeness (QED) is 0.879. The Balaban J connectivity index is 1.75. The van der Waals surface area contributed by atoms with Crippen molar-refractivity contribution in [2.45, 2.75) is 13.0 Å². The van der Waals surface area contributed by atoms with Gasteiger partial charge in [0.1, 0.15) is 10.7 Å². The third-order valence-corrected chi connectivity index (χ3v) is 4.67. The predicted octanol–water partition coefficient (Wildman–Crippen LogP) is 3.21. The summed E-state index contributed by atoms with van der Waals surface area (Å²) in [5, 5.41) is 4.26. The molecule has 23 heavy (non-hydrogen) atoms. The maximum Gasteiger partial charge on any atom is 0.268 e. The lowest BCUT2D eigenvalue weighted by atomic mass is 9.99. The molecule has 0 spiro atoms. The van der Waals surface area contributed by atoms with Crippen LogP contribution in [0, 0.1) is 5.82 Å². The average Bonchev–Trinajstić information content (AvgIpc) is 2.99. The van der Waals surface area contributed by atoms with Crippen LogP contribution in [0.3, 0.4) is 0 Å². The second kappa shape index (κ2) is 6.34. The minimum absolute atomic E-state index is 0.0745.